The normalized spacial score (nSPS) is 13.2. The van der Waals surface area contributed by atoms with Crippen LogP contribution >= 0.6 is 23.1 Å². The number of hydrogen-bond acceptors (Lipinski definition) is 5. The molecule has 2 N–H and O–H groups in total. The largest absolute Gasteiger partial charge is 0.507 e. The van der Waals surface area contributed by atoms with Crippen LogP contribution in [0.4, 0.5) is 0 Å². The fourth-order valence-corrected chi connectivity index (χ4v) is 6.72. The van der Waals surface area contributed by atoms with Crippen LogP contribution in [0.15, 0.2) is 35.2 Å². The minimum atomic E-state index is -0.155. The van der Waals surface area contributed by atoms with Gasteiger partial charge in [-0.05, 0) is 54.5 Å². The van der Waals surface area contributed by atoms with Crippen LogP contribution in [0.1, 0.15) is 95.1 Å². The molecule has 0 fully saturated rings. The van der Waals surface area contributed by atoms with E-state index < -0.39 is 0 Å². The zero-order chi connectivity index (χ0) is 27.5. The van der Waals surface area contributed by atoms with Gasteiger partial charge in [-0.2, -0.15) is 0 Å². The fraction of sp³-hybridized carbons (Fsp3) is 0.531. The fourth-order valence-electron chi connectivity index (χ4n) is 4.60. The average molecular weight is 539 g/mol. The van der Waals surface area contributed by atoms with Crippen LogP contribution in [-0.2, 0) is 30.2 Å². The Balaban J connectivity index is 1.94. The van der Waals surface area contributed by atoms with E-state index in [2.05, 4.69) is 105 Å². The second kappa shape index (κ2) is 11.9. The predicted molar refractivity (Wildman–Crippen MR) is 164 cm³/mol. The lowest BCUT2D eigenvalue weighted by Crippen LogP contribution is -2.17. The monoisotopic (exact) mass is 538 g/mol. The average Bonchev–Trinajstić information content (AvgIpc) is 3.20. The number of rotatable bonds is 9. The Morgan fingerprint density at radius 1 is 1.00 bits per heavy atom. The number of aromatic nitrogens is 1. The molecule has 0 aliphatic rings. The Kier molecular flexibility index (Phi) is 9.58. The molecule has 2 aromatic carbocycles. The summed E-state index contributed by atoms with van der Waals surface area (Å²) in [5.74, 6) is 0.424. The molecule has 0 aliphatic heterocycles. The summed E-state index contributed by atoms with van der Waals surface area (Å²) in [5, 5.41) is 16.1. The van der Waals surface area contributed by atoms with E-state index in [0.29, 0.717) is 11.0 Å². The molecule has 0 amide bonds. The summed E-state index contributed by atoms with van der Waals surface area (Å²) in [6, 6.07) is 11.1. The van der Waals surface area contributed by atoms with Crippen molar-refractivity contribution >= 4 is 23.1 Å². The van der Waals surface area contributed by atoms with Crippen molar-refractivity contribution in [2.75, 3.05) is 6.54 Å². The van der Waals surface area contributed by atoms with Crippen molar-refractivity contribution in [1.82, 2.24) is 10.3 Å². The second-order valence-electron chi connectivity index (χ2n) is 12.2. The highest BCUT2D eigenvalue weighted by atomic mass is 32.2. The molecule has 3 aromatic rings. The summed E-state index contributed by atoms with van der Waals surface area (Å²) < 4.78 is 0. The highest BCUT2D eigenvalue weighted by Gasteiger charge is 2.28. The van der Waals surface area contributed by atoms with Crippen LogP contribution in [0.3, 0.4) is 0 Å². The van der Waals surface area contributed by atoms with Gasteiger partial charge < -0.3 is 10.4 Å². The van der Waals surface area contributed by atoms with Gasteiger partial charge in [-0.15, -0.1) is 23.1 Å². The van der Waals surface area contributed by atoms with Gasteiger partial charge in [-0.3, -0.25) is 0 Å². The number of thiazole rings is 1. The maximum Gasteiger partial charge on any atom is 0.123 e. The van der Waals surface area contributed by atoms with E-state index in [1.54, 1.807) is 0 Å². The van der Waals surface area contributed by atoms with Crippen molar-refractivity contribution < 1.29 is 5.11 Å². The first-order valence-corrected chi connectivity index (χ1v) is 15.3. The van der Waals surface area contributed by atoms with Crippen molar-refractivity contribution in [2.45, 2.75) is 110 Å². The van der Waals surface area contributed by atoms with Crippen molar-refractivity contribution in [1.29, 1.82) is 0 Å². The first-order chi connectivity index (χ1) is 17.2. The molecular formula is C32H46N2OS2. The van der Waals surface area contributed by atoms with E-state index in [4.69, 9.17) is 4.98 Å². The number of nitrogens with one attached hydrogen (secondary N) is 1. The smallest absolute Gasteiger partial charge is 0.123 e. The van der Waals surface area contributed by atoms with Gasteiger partial charge in [-0.25, -0.2) is 4.98 Å². The molecule has 5 heteroatoms. The molecule has 1 heterocycles. The maximum atomic E-state index is 11.2. The molecule has 0 aliphatic carbocycles. The number of aryl methyl sites for hydroxylation is 2. The SMILES string of the molecule is CCNCc1cc(C)ccc1SC(C)Cc1nc(-c2cc(C(C)(C)C)c(O)c(C(C)(C)C)c2)sc1CC. The molecule has 0 saturated carbocycles. The summed E-state index contributed by atoms with van der Waals surface area (Å²) in [7, 11) is 0. The molecule has 0 bridgehead atoms. The standard InChI is InChI=1S/C32H46N2OS2/c1-11-27-26(16-21(4)36-28-14-13-20(3)15-23(28)19-33-12-2)34-30(37-27)22-17-24(31(5,6)7)29(35)25(18-22)32(8,9)10/h13-15,17-18,21,33,35H,11-12,16,19H2,1-10H3. The number of aromatic hydroxyl groups is 1. The summed E-state index contributed by atoms with van der Waals surface area (Å²) in [4.78, 5) is 7.93. The summed E-state index contributed by atoms with van der Waals surface area (Å²) in [6.45, 7) is 23.7. The molecule has 0 radical (unpaired) electrons. The van der Waals surface area contributed by atoms with Gasteiger partial charge in [0.1, 0.15) is 10.8 Å². The Morgan fingerprint density at radius 2 is 1.62 bits per heavy atom. The maximum absolute atomic E-state index is 11.2. The molecule has 3 rings (SSSR count). The number of phenolic OH excluding ortho intramolecular Hbond substituents is 1. The third kappa shape index (κ3) is 7.40. The number of phenols is 1. The van der Waals surface area contributed by atoms with E-state index in [0.717, 1.165) is 47.6 Å². The number of benzene rings is 2. The lowest BCUT2D eigenvalue weighted by atomic mass is 9.78. The topological polar surface area (TPSA) is 45.2 Å². The summed E-state index contributed by atoms with van der Waals surface area (Å²) >= 11 is 3.76. The molecule has 1 aromatic heterocycles. The van der Waals surface area contributed by atoms with Gasteiger partial charge >= 0.3 is 0 Å². The third-order valence-electron chi connectivity index (χ3n) is 6.66. The number of nitrogens with zero attached hydrogens (tertiary/aromatic N) is 1. The van der Waals surface area contributed by atoms with Crippen LogP contribution in [0.2, 0.25) is 0 Å². The van der Waals surface area contributed by atoms with Crippen LogP contribution in [0, 0.1) is 6.92 Å². The van der Waals surface area contributed by atoms with Gasteiger partial charge in [0.05, 0.1) is 5.69 Å². The van der Waals surface area contributed by atoms with Crippen molar-refractivity contribution in [3.05, 3.63) is 63.2 Å². The van der Waals surface area contributed by atoms with Gasteiger partial charge in [-0.1, -0.05) is 80.0 Å². The second-order valence-corrected chi connectivity index (χ2v) is 14.8. The van der Waals surface area contributed by atoms with Gasteiger partial charge in [0.15, 0.2) is 0 Å². The molecule has 1 atom stereocenters. The highest BCUT2D eigenvalue weighted by molar-refractivity contribution is 8.00. The zero-order valence-corrected chi connectivity index (χ0v) is 26.1. The molecule has 1 unspecified atom stereocenters. The van der Waals surface area contributed by atoms with E-state index in [1.807, 2.05) is 23.1 Å². The van der Waals surface area contributed by atoms with Gasteiger partial charge in [0.2, 0.25) is 0 Å². The Bertz CT molecular complexity index is 1180. The Labute approximate surface area is 233 Å². The molecule has 37 heavy (non-hydrogen) atoms. The lowest BCUT2D eigenvalue weighted by Gasteiger charge is -2.28. The van der Waals surface area contributed by atoms with Crippen LogP contribution in [0.5, 0.6) is 5.75 Å². The zero-order valence-electron chi connectivity index (χ0n) is 24.5. The van der Waals surface area contributed by atoms with Crippen molar-refractivity contribution in [3.63, 3.8) is 0 Å². The van der Waals surface area contributed by atoms with Crippen LogP contribution in [-0.4, -0.2) is 21.9 Å². The molecule has 0 saturated heterocycles. The van der Waals surface area contributed by atoms with Gasteiger partial charge in [0, 0.05) is 44.7 Å². The number of thioether (sulfide) groups is 1. The van der Waals surface area contributed by atoms with Crippen molar-refractivity contribution in [3.8, 4) is 16.3 Å². The highest BCUT2D eigenvalue weighted by Crippen LogP contribution is 2.43. The van der Waals surface area contributed by atoms with E-state index in [9.17, 15) is 5.11 Å². The lowest BCUT2D eigenvalue weighted by molar-refractivity contribution is 0.423. The molecule has 0 spiro atoms. The summed E-state index contributed by atoms with van der Waals surface area (Å²) in [5.41, 5.74) is 6.68. The summed E-state index contributed by atoms with van der Waals surface area (Å²) in [6.07, 6.45) is 1.92. The first kappa shape index (κ1) is 29.7. The van der Waals surface area contributed by atoms with Crippen LogP contribution < -0.4 is 5.32 Å². The van der Waals surface area contributed by atoms with Gasteiger partial charge in [0.25, 0.3) is 0 Å². The predicted octanol–water partition coefficient (Wildman–Crippen LogP) is 8.81. The molecular weight excluding hydrogens is 492 g/mol. The number of hydrogen-bond donors (Lipinski definition) is 2. The third-order valence-corrected chi connectivity index (χ3v) is 9.17. The van der Waals surface area contributed by atoms with E-state index in [-0.39, 0.29) is 10.8 Å². The minimum Gasteiger partial charge on any atom is -0.507 e. The molecule has 202 valence electrons. The van der Waals surface area contributed by atoms with Crippen molar-refractivity contribution in [2.24, 2.45) is 0 Å². The Morgan fingerprint density at radius 3 is 2.16 bits per heavy atom. The van der Waals surface area contributed by atoms with E-state index >= 15 is 0 Å². The van der Waals surface area contributed by atoms with E-state index in [1.165, 1.54) is 26.6 Å². The van der Waals surface area contributed by atoms with Crippen LogP contribution in [0.25, 0.3) is 10.6 Å². The molecule has 3 nitrogen and oxygen atoms in total. The minimum absolute atomic E-state index is 0.155. The quantitative estimate of drug-likeness (QED) is 0.267. The first-order valence-electron chi connectivity index (χ1n) is 13.6. The Hall–Kier alpha value is -1.82.